The molecule has 1 unspecified atom stereocenters. The lowest BCUT2D eigenvalue weighted by Gasteiger charge is -2.19. The number of hydrogen-bond donors (Lipinski definition) is 1. The summed E-state index contributed by atoms with van der Waals surface area (Å²) >= 11 is 3.45. The van der Waals surface area contributed by atoms with Gasteiger partial charge in [0.05, 0.1) is 0 Å². The number of carbonyl (C=O) groups excluding carboxylic acids is 1. The molecule has 0 fully saturated rings. The average Bonchev–Trinajstić information content (AvgIpc) is 2.15. The number of halogens is 1. The van der Waals surface area contributed by atoms with Crippen molar-refractivity contribution in [3.05, 3.63) is 23.9 Å². The first-order chi connectivity index (χ1) is 7.78. The van der Waals surface area contributed by atoms with E-state index in [1.807, 2.05) is 33.8 Å². The van der Waals surface area contributed by atoms with Gasteiger partial charge in [0.15, 0.2) is 0 Å². The summed E-state index contributed by atoms with van der Waals surface area (Å²) in [5.74, 6) is 0.483. The smallest absolute Gasteiger partial charge is 0.413 e. The molecule has 1 heterocycles. The highest BCUT2D eigenvalue weighted by Crippen LogP contribution is 2.21. The van der Waals surface area contributed by atoms with Crippen LogP contribution in [-0.4, -0.2) is 16.7 Å². The Labute approximate surface area is 110 Å². The number of carbonyl (C=O) groups is 1. The van der Waals surface area contributed by atoms with Gasteiger partial charge in [-0.3, -0.25) is 5.32 Å². The summed E-state index contributed by atoms with van der Waals surface area (Å²) in [7, 11) is 0. The van der Waals surface area contributed by atoms with Gasteiger partial charge in [0.2, 0.25) is 0 Å². The first-order valence-electron chi connectivity index (χ1n) is 5.38. The van der Waals surface area contributed by atoms with Crippen LogP contribution in [0.3, 0.4) is 0 Å². The van der Waals surface area contributed by atoms with E-state index in [0.29, 0.717) is 5.82 Å². The second-order valence-corrected chi connectivity index (χ2v) is 6.09. The Hall–Kier alpha value is -1.10. The third-order valence-electron chi connectivity index (χ3n) is 1.87. The molecular formula is C12H17BrN2O2. The van der Waals surface area contributed by atoms with Gasteiger partial charge in [-0.25, -0.2) is 9.78 Å². The average molecular weight is 301 g/mol. The van der Waals surface area contributed by atoms with Gasteiger partial charge in [0.1, 0.15) is 11.4 Å². The first kappa shape index (κ1) is 14.0. The minimum Gasteiger partial charge on any atom is -0.444 e. The van der Waals surface area contributed by atoms with Crippen LogP contribution in [-0.2, 0) is 4.74 Å². The highest BCUT2D eigenvalue weighted by molar-refractivity contribution is 9.09. The largest absolute Gasteiger partial charge is 0.444 e. The molecule has 0 bridgehead atoms. The number of nitrogens with one attached hydrogen (secondary N) is 1. The van der Waals surface area contributed by atoms with Crippen molar-refractivity contribution in [2.45, 2.75) is 38.1 Å². The SMILES string of the molecule is CC(Br)c1ccc(NC(=O)OC(C)(C)C)nc1. The zero-order valence-electron chi connectivity index (χ0n) is 10.5. The summed E-state index contributed by atoms with van der Waals surface area (Å²) < 4.78 is 5.12. The summed E-state index contributed by atoms with van der Waals surface area (Å²) in [4.78, 5) is 15.8. The van der Waals surface area contributed by atoms with E-state index in [1.54, 1.807) is 12.3 Å². The van der Waals surface area contributed by atoms with E-state index in [1.165, 1.54) is 0 Å². The molecule has 1 N–H and O–H groups in total. The summed E-state index contributed by atoms with van der Waals surface area (Å²) in [6, 6.07) is 3.65. The predicted molar refractivity (Wildman–Crippen MR) is 71.4 cm³/mol. The standard InChI is InChI=1S/C12H17BrN2O2/c1-8(13)9-5-6-10(14-7-9)15-11(16)17-12(2,3)4/h5-8H,1-4H3,(H,14,15,16). The molecule has 0 spiro atoms. The lowest BCUT2D eigenvalue weighted by molar-refractivity contribution is 0.0635. The molecule has 0 aliphatic rings. The monoisotopic (exact) mass is 300 g/mol. The molecular weight excluding hydrogens is 284 g/mol. The molecule has 5 heteroatoms. The molecule has 1 amide bonds. The van der Waals surface area contributed by atoms with Crippen molar-refractivity contribution in [2.75, 3.05) is 5.32 Å². The van der Waals surface area contributed by atoms with Crippen LogP contribution in [0.4, 0.5) is 10.6 Å². The van der Waals surface area contributed by atoms with E-state index < -0.39 is 11.7 Å². The second kappa shape index (κ2) is 5.49. The van der Waals surface area contributed by atoms with E-state index in [2.05, 4.69) is 26.2 Å². The van der Waals surface area contributed by atoms with Crippen LogP contribution in [0.25, 0.3) is 0 Å². The number of pyridine rings is 1. The lowest BCUT2D eigenvalue weighted by atomic mass is 10.2. The van der Waals surface area contributed by atoms with Crippen LogP contribution in [0, 0.1) is 0 Å². The zero-order valence-corrected chi connectivity index (χ0v) is 12.0. The molecule has 1 atom stereocenters. The van der Waals surface area contributed by atoms with Crippen LogP contribution >= 0.6 is 15.9 Å². The lowest BCUT2D eigenvalue weighted by Crippen LogP contribution is -2.27. The van der Waals surface area contributed by atoms with E-state index >= 15 is 0 Å². The summed E-state index contributed by atoms with van der Waals surface area (Å²) in [6.45, 7) is 7.46. The number of nitrogens with zero attached hydrogens (tertiary/aromatic N) is 1. The molecule has 1 rings (SSSR count). The molecule has 1 aromatic heterocycles. The van der Waals surface area contributed by atoms with Gasteiger partial charge >= 0.3 is 6.09 Å². The second-order valence-electron chi connectivity index (χ2n) is 4.72. The van der Waals surface area contributed by atoms with Crippen molar-refractivity contribution in [3.63, 3.8) is 0 Å². The molecule has 0 aromatic carbocycles. The highest BCUT2D eigenvalue weighted by atomic mass is 79.9. The van der Waals surface area contributed by atoms with Gasteiger partial charge in [0, 0.05) is 11.0 Å². The molecule has 0 aliphatic heterocycles. The van der Waals surface area contributed by atoms with E-state index in [9.17, 15) is 4.79 Å². The Morgan fingerprint density at radius 2 is 2.12 bits per heavy atom. The maximum absolute atomic E-state index is 11.5. The fourth-order valence-corrected chi connectivity index (χ4v) is 1.39. The van der Waals surface area contributed by atoms with Crippen LogP contribution in [0.1, 0.15) is 38.1 Å². The molecule has 94 valence electrons. The number of hydrogen-bond acceptors (Lipinski definition) is 3. The molecule has 4 nitrogen and oxygen atoms in total. The number of rotatable bonds is 2. The van der Waals surface area contributed by atoms with Crippen molar-refractivity contribution in [1.29, 1.82) is 0 Å². The fourth-order valence-electron chi connectivity index (χ4n) is 1.12. The Kier molecular flexibility index (Phi) is 4.51. The quantitative estimate of drug-likeness (QED) is 0.843. The van der Waals surface area contributed by atoms with Crippen molar-refractivity contribution in [1.82, 2.24) is 4.98 Å². The maximum Gasteiger partial charge on any atom is 0.413 e. The number of ether oxygens (including phenoxy) is 1. The molecule has 17 heavy (non-hydrogen) atoms. The van der Waals surface area contributed by atoms with Crippen LogP contribution in [0.5, 0.6) is 0 Å². The third kappa shape index (κ3) is 5.17. The van der Waals surface area contributed by atoms with Gasteiger partial charge in [0.25, 0.3) is 0 Å². The summed E-state index contributed by atoms with van der Waals surface area (Å²) in [6.07, 6.45) is 1.22. The van der Waals surface area contributed by atoms with Gasteiger partial charge in [-0.2, -0.15) is 0 Å². The summed E-state index contributed by atoms with van der Waals surface area (Å²) in [5.41, 5.74) is 0.550. The van der Waals surface area contributed by atoms with E-state index in [0.717, 1.165) is 5.56 Å². The minimum atomic E-state index is -0.506. The van der Waals surface area contributed by atoms with Gasteiger partial charge < -0.3 is 4.74 Å². The molecule has 0 radical (unpaired) electrons. The number of amides is 1. The Morgan fingerprint density at radius 3 is 2.53 bits per heavy atom. The van der Waals surface area contributed by atoms with Gasteiger partial charge in [-0.15, -0.1) is 0 Å². The first-order valence-corrected chi connectivity index (χ1v) is 6.29. The van der Waals surface area contributed by atoms with Crippen molar-refractivity contribution in [2.24, 2.45) is 0 Å². The number of alkyl halides is 1. The van der Waals surface area contributed by atoms with Gasteiger partial charge in [-0.1, -0.05) is 22.0 Å². The molecule has 0 saturated carbocycles. The molecule has 1 aromatic rings. The maximum atomic E-state index is 11.5. The van der Waals surface area contributed by atoms with Crippen molar-refractivity contribution >= 4 is 27.8 Å². The normalized spacial score (nSPS) is 13.0. The number of aromatic nitrogens is 1. The van der Waals surface area contributed by atoms with E-state index in [4.69, 9.17) is 4.74 Å². The van der Waals surface area contributed by atoms with E-state index in [-0.39, 0.29) is 4.83 Å². The third-order valence-corrected chi connectivity index (χ3v) is 2.40. The Bertz CT molecular complexity index is 382. The predicted octanol–water partition coefficient (Wildman–Crippen LogP) is 3.88. The summed E-state index contributed by atoms with van der Waals surface area (Å²) in [5, 5.41) is 2.58. The highest BCUT2D eigenvalue weighted by Gasteiger charge is 2.16. The van der Waals surface area contributed by atoms with Crippen molar-refractivity contribution in [3.8, 4) is 0 Å². The molecule has 0 saturated heterocycles. The minimum absolute atomic E-state index is 0.241. The zero-order chi connectivity index (χ0) is 13.1. The fraction of sp³-hybridized carbons (Fsp3) is 0.500. The van der Waals surface area contributed by atoms with Crippen LogP contribution in [0.15, 0.2) is 18.3 Å². The number of anilines is 1. The Balaban J connectivity index is 2.61. The van der Waals surface area contributed by atoms with Crippen molar-refractivity contribution < 1.29 is 9.53 Å². The van der Waals surface area contributed by atoms with Crippen LogP contribution < -0.4 is 5.32 Å². The topological polar surface area (TPSA) is 51.2 Å². The van der Waals surface area contributed by atoms with Gasteiger partial charge in [-0.05, 0) is 39.3 Å². The van der Waals surface area contributed by atoms with Crippen LogP contribution in [0.2, 0.25) is 0 Å². The molecule has 0 aliphatic carbocycles. The Morgan fingerprint density at radius 1 is 1.47 bits per heavy atom.